The molecule has 3 heterocycles. The van der Waals surface area contributed by atoms with Crippen LogP contribution < -0.4 is 10.2 Å². The van der Waals surface area contributed by atoms with Crippen molar-refractivity contribution in [1.29, 1.82) is 0 Å². The highest BCUT2D eigenvalue weighted by molar-refractivity contribution is 5.73. The predicted molar refractivity (Wildman–Crippen MR) is 103 cm³/mol. The first-order valence-electron chi connectivity index (χ1n) is 10.4. The summed E-state index contributed by atoms with van der Waals surface area (Å²) in [5.74, 6) is 0.582. The maximum Gasteiger partial charge on any atom is 0.245 e. The Bertz CT molecular complexity index is 1020. The Kier molecular flexibility index (Phi) is 3.82. The fraction of sp³-hybridized carbons (Fsp3) is 0.368. The van der Waals surface area contributed by atoms with E-state index in [-0.39, 0.29) is 5.75 Å². The topological polar surface area (TPSA) is 92.0 Å². The van der Waals surface area contributed by atoms with Crippen molar-refractivity contribution in [3.8, 4) is 28.1 Å². The molecule has 0 spiro atoms. The molecule has 1 unspecified atom stereocenters. The van der Waals surface area contributed by atoms with Crippen LogP contribution >= 0.6 is 0 Å². The Hall–Kier alpha value is -3.00. The van der Waals surface area contributed by atoms with E-state index in [1.807, 2.05) is 0 Å². The molecule has 27 heavy (non-hydrogen) atoms. The van der Waals surface area contributed by atoms with Crippen LogP contribution in [0.4, 0.5) is 5.95 Å². The third kappa shape index (κ3) is 3.61. The van der Waals surface area contributed by atoms with Crippen LogP contribution in [0.3, 0.4) is 0 Å². The van der Waals surface area contributed by atoms with Crippen LogP contribution in [0, 0.1) is 0 Å². The molecule has 2 N–H and O–H groups in total. The highest BCUT2D eigenvalue weighted by atomic mass is 16.3. The van der Waals surface area contributed by atoms with Gasteiger partial charge in [-0.3, -0.25) is 4.68 Å². The van der Waals surface area contributed by atoms with Gasteiger partial charge in [-0.2, -0.15) is 5.10 Å². The van der Waals surface area contributed by atoms with E-state index in [1.54, 1.807) is 24.4 Å². The Morgan fingerprint density at radius 1 is 1.30 bits per heavy atom. The molecule has 1 aliphatic heterocycles. The molecule has 0 radical (unpaired) electrons. The highest BCUT2D eigenvalue weighted by Gasteiger charge is 2.20. The van der Waals surface area contributed by atoms with Crippen LogP contribution in [0.1, 0.15) is 17.5 Å². The number of nitrogens with one attached hydrogen (secondary N) is 1. The van der Waals surface area contributed by atoms with Crippen molar-refractivity contribution in [1.82, 2.24) is 30.3 Å². The van der Waals surface area contributed by atoms with E-state index >= 15 is 0 Å². The van der Waals surface area contributed by atoms with E-state index in [9.17, 15) is 5.11 Å². The molecule has 0 aliphatic carbocycles. The van der Waals surface area contributed by atoms with E-state index in [1.165, 1.54) is 12.4 Å². The van der Waals surface area contributed by atoms with Crippen LogP contribution in [-0.4, -0.2) is 55.7 Å². The predicted octanol–water partition coefficient (Wildman–Crippen LogP) is 1.83. The summed E-state index contributed by atoms with van der Waals surface area (Å²) >= 11 is 0. The van der Waals surface area contributed by atoms with Gasteiger partial charge in [-0.05, 0) is 24.1 Å². The summed E-state index contributed by atoms with van der Waals surface area (Å²) in [5, 5.41) is 26.3. The summed E-state index contributed by atoms with van der Waals surface area (Å²) in [6.45, 7) is 2.34. The van der Waals surface area contributed by atoms with Crippen LogP contribution in [0.15, 0.2) is 36.8 Å². The SMILES string of the molecule is [2H]C([2H])([2H])n1cc(-c2ccc(-c3cnc(N4CCNC(CC)C4)nn3)c(O)c2)cn1. The normalized spacial score (nSPS) is 19.4. The molecule has 140 valence electrons. The molecule has 3 aromatic rings. The fourth-order valence-corrected chi connectivity index (χ4v) is 3.22. The average molecular weight is 368 g/mol. The van der Waals surface area contributed by atoms with Gasteiger partial charge in [-0.25, -0.2) is 4.98 Å². The van der Waals surface area contributed by atoms with Crippen molar-refractivity contribution in [3.63, 3.8) is 0 Å². The van der Waals surface area contributed by atoms with Gasteiger partial charge in [0, 0.05) is 54.1 Å². The van der Waals surface area contributed by atoms with Crippen molar-refractivity contribution in [2.45, 2.75) is 19.4 Å². The number of anilines is 1. The molecule has 2 aromatic heterocycles. The van der Waals surface area contributed by atoms with E-state index in [0.717, 1.165) is 30.7 Å². The third-order valence-corrected chi connectivity index (χ3v) is 4.77. The molecule has 4 rings (SSSR count). The number of hydrogen-bond donors (Lipinski definition) is 2. The lowest BCUT2D eigenvalue weighted by Gasteiger charge is -2.32. The molecular formula is C19H23N7O. The average Bonchev–Trinajstić information content (AvgIpc) is 3.25. The lowest BCUT2D eigenvalue weighted by molar-refractivity contribution is 0.442. The highest BCUT2D eigenvalue weighted by Crippen LogP contribution is 2.32. The van der Waals surface area contributed by atoms with Crippen LogP contribution in [0.5, 0.6) is 5.75 Å². The van der Waals surface area contributed by atoms with Gasteiger partial charge in [0.15, 0.2) is 0 Å². The second-order valence-electron chi connectivity index (χ2n) is 6.55. The molecule has 0 amide bonds. The Balaban J connectivity index is 1.54. The van der Waals surface area contributed by atoms with Gasteiger partial charge in [-0.1, -0.05) is 13.0 Å². The second-order valence-corrected chi connectivity index (χ2v) is 6.55. The minimum absolute atomic E-state index is 0.00574. The number of piperazine rings is 1. The molecule has 1 aliphatic rings. The Morgan fingerprint density at radius 3 is 2.93 bits per heavy atom. The van der Waals surface area contributed by atoms with Gasteiger partial charge in [-0.15, -0.1) is 10.2 Å². The molecule has 0 saturated carbocycles. The molecule has 1 fully saturated rings. The van der Waals surface area contributed by atoms with E-state index in [0.29, 0.717) is 34.4 Å². The zero-order valence-corrected chi connectivity index (χ0v) is 15.0. The Morgan fingerprint density at radius 2 is 2.22 bits per heavy atom. The van der Waals surface area contributed by atoms with Gasteiger partial charge >= 0.3 is 0 Å². The first-order chi connectivity index (χ1) is 14.3. The molecule has 8 nitrogen and oxygen atoms in total. The lowest BCUT2D eigenvalue weighted by Crippen LogP contribution is -2.51. The number of phenols is 1. The lowest BCUT2D eigenvalue weighted by atomic mass is 10.0. The number of aromatic nitrogens is 5. The minimum atomic E-state index is -2.34. The van der Waals surface area contributed by atoms with E-state index < -0.39 is 6.98 Å². The maximum absolute atomic E-state index is 10.5. The van der Waals surface area contributed by atoms with Crippen molar-refractivity contribution in [2.24, 2.45) is 6.98 Å². The van der Waals surface area contributed by atoms with Gasteiger partial charge in [0.25, 0.3) is 0 Å². The maximum atomic E-state index is 10.5. The standard InChI is InChI=1S/C19H23N7O/c1-3-15-12-26(7-6-20-15)19-21-10-17(23-24-19)16-5-4-13(8-18(16)27)14-9-22-25(2)11-14/h4-5,8-11,15,20,27H,3,6-7,12H2,1-2H3/i2D3. The van der Waals surface area contributed by atoms with Gasteiger partial charge in [0.2, 0.25) is 5.95 Å². The van der Waals surface area contributed by atoms with Gasteiger partial charge < -0.3 is 15.3 Å². The minimum Gasteiger partial charge on any atom is -0.507 e. The van der Waals surface area contributed by atoms with Crippen LogP contribution in [0.25, 0.3) is 22.4 Å². The zero-order chi connectivity index (χ0) is 21.3. The van der Waals surface area contributed by atoms with Gasteiger partial charge in [0.1, 0.15) is 11.4 Å². The molecule has 1 saturated heterocycles. The number of rotatable bonds is 4. The monoisotopic (exact) mass is 368 g/mol. The van der Waals surface area contributed by atoms with Crippen LogP contribution in [-0.2, 0) is 6.98 Å². The van der Waals surface area contributed by atoms with Crippen molar-refractivity contribution < 1.29 is 9.22 Å². The first kappa shape index (κ1) is 14.1. The summed E-state index contributed by atoms with van der Waals surface area (Å²) in [5.41, 5.74) is 2.20. The molecule has 8 heteroatoms. The van der Waals surface area contributed by atoms with Crippen molar-refractivity contribution in [2.75, 3.05) is 24.5 Å². The summed E-state index contributed by atoms with van der Waals surface area (Å²) in [4.78, 5) is 6.54. The third-order valence-electron chi connectivity index (χ3n) is 4.77. The molecular weight excluding hydrogens is 342 g/mol. The zero-order valence-electron chi connectivity index (χ0n) is 18.0. The summed E-state index contributed by atoms with van der Waals surface area (Å²) < 4.78 is 23.1. The first-order valence-corrected chi connectivity index (χ1v) is 8.92. The number of aromatic hydroxyl groups is 1. The fourth-order valence-electron chi connectivity index (χ4n) is 3.22. The Labute approximate surface area is 162 Å². The number of benzene rings is 1. The number of aryl methyl sites for hydroxylation is 1. The summed E-state index contributed by atoms with van der Waals surface area (Å²) in [6, 6.07) is 5.44. The van der Waals surface area contributed by atoms with Crippen molar-refractivity contribution in [3.05, 3.63) is 36.8 Å². The summed E-state index contributed by atoms with van der Waals surface area (Å²) in [7, 11) is 0. The van der Waals surface area contributed by atoms with E-state index in [2.05, 4.69) is 37.4 Å². The van der Waals surface area contributed by atoms with Gasteiger partial charge in [0.05, 0.1) is 12.4 Å². The molecule has 1 aromatic carbocycles. The second kappa shape index (κ2) is 7.32. The molecule has 1 atom stereocenters. The number of nitrogens with zero attached hydrogens (tertiary/aromatic N) is 6. The smallest absolute Gasteiger partial charge is 0.245 e. The van der Waals surface area contributed by atoms with Crippen molar-refractivity contribution >= 4 is 5.95 Å². The quantitative estimate of drug-likeness (QED) is 0.726. The molecule has 0 bridgehead atoms. The summed E-state index contributed by atoms with van der Waals surface area (Å²) in [6.07, 6.45) is 5.52. The largest absolute Gasteiger partial charge is 0.507 e. The number of hydrogen-bond acceptors (Lipinski definition) is 7. The number of phenolic OH excluding ortho intramolecular Hbond substituents is 1. The van der Waals surface area contributed by atoms with Crippen LogP contribution in [0.2, 0.25) is 0 Å². The van der Waals surface area contributed by atoms with E-state index in [4.69, 9.17) is 4.11 Å².